The lowest BCUT2D eigenvalue weighted by Gasteiger charge is -2.09. The second kappa shape index (κ2) is 3.31. The van der Waals surface area contributed by atoms with E-state index >= 15 is 0 Å². The number of hydrogen-bond donors (Lipinski definition) is 2. The zero-order chi connectivity index (χ0) is 9.42. The Bertz CT molecular complexity index is 323. The van der Waals surface area contributed by atoms with Crippen LogP contribution in [0.5, 0.6) is 0 Å². The molecular weight excluding hydrogens is 187 g/mol. The number of halogens is 1. The number of rotatable bonds is 2. The van der Waals surface area contributed by atoms with Crippen LogP contribution in [-0.2, 0) is 0 Å². The van der Waals surface area contributed by atoms with Gasteiger partial charge in [0, 0.05) is 4.90 Å². The third kappa shape index (κ3) is 1.86. The molecule has 1 aromatic rings. The minimum absolute atomic E-state index is 0.303. The normalized spacial score (nSPS) is 18.7. The molecule has 0 heterocycles. The van der Waals surface area contributed by atoms with Crippen molar-refractivity contribution in [2.75, 3.05) is 0 Å². The second-order valence-corrected chi connectivity index (χ2v) is 3.97. The first-order valence-corrected chi connectivity index (χ1v) is 4.79. The molecule has 0 saturated heterocycles. The lowest BCUT2D eigenvalue weighted by atomic mass is 10.1. The van der Waals surface area contributed by atoms with Crippen molar-refractivity contribution in [2.45, 2.75) is 23.8 Å². The molecule has 1 N–H and O–H groups in total. The SMILES string of the molecule is OC(c1ccc(F)c(S)c1)C1CC1. The van der Waals surface area contributed by atoms with Crippen molar-refractivity contribution in [2.24, 2.45) is 5.92 Å². The highest BCUT2D eigenvalue weighted by Gasteiger charge is 2.30. The van der Waals surface area contributed by atoms with E-state index in [-0.39, 0.29) is 5.82 Å². The van der Waals surface area contributed by atoms with Crippen LogP contribution in [0.25, 0.3) is 0 Å². The minimum Gasteiger partial charge on any atom is -0.388 e. The maximum atomic E-state index is 12.8. The van der Waals surface area contributed by atoms with Gasteiger partial charge in [-0.1, -0.05) is 6.07 Å². The van der Waals surface area contributed by atoms with Gasteiger partial charge >= 0.3 is 0 Å². The van der Waals surface area contributed by atoms with E-state index in [0.29, 0.717) is 10.8 Å². The fourth-order valence-electron chi connectivity index (χ4n) is 1.40. The highest BCUT2D eigenvalue weighted by molar-refractivity contribution is 7.80. The molecule has 1 saturated carbocycles. The van der Waals surface area contributed by atoms with E-state index in [2.05, 4.69) is 12.6 Å². The van der Waals surface area contributed by atoms with Gasteiger partial charge in [0.25, 0.3) is 0 Å². The predicted octanol–water partition coefficient (Wildman–Crippen LogP) is 2.56. The molecule has 1 fully saturated rings. The molecule has 0 radical (unpaired) electrons. The molecule has 0 amide bonds. The second-order valence-electron chi connectivity index (χ2n) is 3.49. The molecule has 1 unspecified atom stereocenters. The molecule has 3 heteroatoms. The first-order chi connectivity index (χ1) is 6.18. The van der Waals surface area contributed by atoms with Gasteiger partial charge in [-0.2, -0.15) is 0 Å². The molecule has 1 aromatic carbocycles. The molecule has 1 nitrogen and oxygen atoms in total. The summed E-state index contributed by atoms with van der Waals surface area (Å²) in [6, 6.07) is 4.57. The Morgan fingerprint density at radius 3 is 2.69 bits per heavy atom. The maximum absolute atomic E-state index is 12.8. The van der Waals surface area contributed by atoms with Crippen LogP contribution in [0.4, 0.5) is 4.39 Å². The number of benzene rings is 1. The van der Waals surface area contributed by atoms with Gasteiger partial charge in [-0.15, -0.1) is 12.6 Å². The van der Waals surface area contributed by atoms with Crippen molar-refractivity contribution in [3.05, 3.63) is 29.6 Å². The Morgan fingerprint density at radius 2 is 2.15 bits per heavy atom. The van der Waals surface area contributed by atoms with Crippen molar-refractivity contribution in [1.82, 2.24) is 0 Å². The van der Waals surface area contributed by atoms with E-state index in [4.69, 9.17) is 0 Å². The predicted molar refractivity (Wildman–Crippen MR) is 51.3 cm³/mol. The average Bonchev–Trinajstić information content (AvgIpc) is 2.91. The smallest absolute Gasteiger partial charge is 0.136 e. The summed E-state index contributed by atoms with van der Waals surface area (Å²) in [6.07, 6.45) is 1.70. The van der Waals surface area contributed by atoms with Gasteiger partial charge in [0.15, 0.2) is 0 Å². The molecule has 1 atom stereocenters. The standard InChI is InChI=1S/C10H11FOS/c11-8-4-3-7(5-9(8)13)10(12)6-1-2-6/h3-6,10,12-13H,1-2H2. The van der Waals surface area contributed by atoms with Crippen molar-refractivity contribution in [3.63, 3.8) is 0 Å². The molecule has 2 rings (SSSR count). The van der Waals surface area contributed by atoms with E-state index in [1.54, 1.807) is 12.1 Å². The molecule has 70 valence electrons. The van der Waals surface area contributed by atoms with Crippen LogP contribution >= 0.6 is 12.6 Å². The topological polar surface area (TPSA) is 20.2 Å². The molecule has 1 aliphatic carbocycles. The third-order valence-electron chi connectivity index (χ3n) is 2.38. The van der Waals surface area contributed by atoms with Crippen molar-refractivity contribution < 1.29 is 9.50 Å². The minimum atomic E-state index is -0.438. The number of hydrogen-bond acceptors (Lipinski definition) is 2. The van der Waals surface area contributed by atoms with Crippen LogP contribution in [0.15, 0.2) is 23.1 Å². The first-order valence-electron chi connectivity index (χ1n) is 4.35. The lowest BCUT2D eigenvalue weighted by molar-refractivity contribution is 0.153. The molecule has 0 bridgehead atoms. The van der Waals surface area contributed by atoms with Crippen LogP contribution in [-0.4, -0.2) is 5.11 Å². The Morgan fingerprint density at radius 1 is 1.46 bits per heavy atom. The molecule has 13 heavy (non-hydrogen) atoms. The quantitative estimate of drug-likeness (QED) is 0.700. The van der Waals surface area contributed by atoms with Crippen LogP contribution in [0.1, 0.15) is 24.5 Å². The summed E-state index contributed by atoms with van der Waals surface area (Å²) < 4.78 is 12.8. The fraction of sp³-hybridized carbons (Fsp3) is 0.400. The summed E-state index contributed by atoms with van der Waals surface area (Å²) in [5.74, 6) is 0.0354. The summed E-state index contributed by atoms with van der Waals surface area (Å²) in [5, 5.41) is 9.72. The molecule has 1 aliphatic rings. The number of thiol groups is 1. The number of aliphatic hydroxyl groups excluding tert-OH is 1. The average molecular weight is 198 g/mol. The van der Waals surface area contributed by atoms with Gasteiger partial charge in [0.2, 0.25) is 0 Å². The van der Waals surface area contributed by atoms with E-state index in [9.17, 15) is 9.50 Å². The third-order valence-corrected chi connectivity index (χ3v) is 2.72. The molecule has 0 aliphatic heterocycles. The van der Waals surface area contributed by atoms with Crippen molar-refractivity contribution >= 4 is 12.6 Å². The van der Waals surface area contributed by atoms with Crippen LogP contribution in [0.2, 0.25) is 0 Å². The molecule has 0 spiro atoms. The summed E-state index contributed by atoms with van der Waals surface area (Å²) in [7, 11) is 0. The zero-order valence-electron chi connectivity index (χ0n) is 7.07. The maximum Gasteiger partial charge on any atom is 0.136 e. The van der Waals surface area contributed by atoms with Gasteiger partial charge in [-0.3, -0.25) is 0 Å². The summed E-state index contributed by atoms with van der Waals surface area (Å²) in [5.41, 5.74) is 0.772. The van der Waals surface area contributed by atoms with E-state index in [1.165, 1.54) is 6.07 Å². The van der Waals surface area contributed by atoms with Gasteiger partial charge < -0.3 is 5.11 Å². The van der Waals surface area contributed by atoms with Crippen molar-refractivity contribution in [1.29, 1.82) is 0 Å². The fourth-order valence-corrected chi connectivity index (χ4v) is 1.62. The van der Waals surface area contributed by atoms with Gasteiger partial charge in [0.1, 0.15) is 5.82 Å². The van der Waals surface area contributed by atoms with Gasteiger partial charge in [-0.25, -0.2) is 4.39 Å². The highest BCUT2D eigenvalue weighted by Crippen LogP contribution is 2.41. The summed E-state index contributed by atoms with van der Waals surface area (Å²) in [6.45, 7) is 0. The van der Waals surface area contributed by atoms with E-state index in [1.807, 2.05) is 0 Å². The largest absolute Gasteiger partial charge is 0.388 e. The first kappa shape index (κ1) is 9.03. The Labute approximate surface area is 82.0 Å². The Kier molecular flexibility index (Phi) is 2.30. The summed E-state index contributed by atoms with van der Waals surface area (Å²) >= 11 is 3.96. The number of aliphatic hydroxyl groups is 1. The molecule has 0 aromatic heterocycles. The van der Waals surface area contributed by atoms with Crippen LogP contribution in [0, 0.1) is 11.7 Å². The van der Waals surface area contributed by atoms with E-state index < -0.39 is 6.10 Å². The molecular formula is C10H11FOS. The zero-order valence-corrected chi connectivity index (χ0v) is 7.97. The Balaban J connectivity index is 2.24. The lowest BCUT2D eigenvalue weighted by Crippen LogP contribution is -1.99. The van der Waals surface area contributed by atoms with Crippen molar-refractivity contribution in [3.8, 4) is 0 Å². The van der Waals surface area contributed by atoms with Gasteiger partial charge in [0.05, 0.1) is 6.10 Å². The Hall–Kier alpha value is -0.540. The van der Waals surface area contributed by atoms with Crippen LogP contribution in [0.3, 0.4) is 0 Å². The van der Waals surface area contributed by atoms with E-state index in [0.717, 1.165) is 18.4 Å². The summed E-state index contributed by atoms with van der Waals surface area (Å²) in [4.78, 5) is 0.303. The monoisotopic (exact) mass is 198 g/mol. The van der Waals surface area contributed by atoms with Crippen LogP contribution < -0.4 is 0 Å². The highest BCUT2D eigenvalue weighted by atomic mass is 32.1. The van der Waals surface area contributed by atoms with Gasteiger partial charge in [-0.05, 0) is 36.5 Å².